The summed E-state index contributed by atoms with van der Waals surface area (Å²) >= 11 is 0. The van der Waals surface area contributed by atoms with E-state index in [0.717, 1.165) is 23.2 Å². The molecule has 2 rings (SSSR count). The molecule has 0 aliphatic heterocycles. The number of methoxy groups -OCH3 is 1. The number of benzene rings is 1. The molecule has 144 valence electrons. The summed E-state index contributed by atoms with van der Waals surface area (Å²) in [6, 6.07) is 6.19. The molecule has 5 nitrogen and oxygen atoms in total. The van der Waals surface area contributed by atoms with E-state index >= 15 is 0 Å². The van der Waals surface area contributed by atoms with Crippen LogP contribution in [0, 0.1) is 11.8 Å². The van der Waals surface area contributed by atoms with E-state index in [1.165, 1.54) is 0 Å². The third-order valence-electron chi connectivity index (χ3n) is 4.91. The van der Waals surface area contributed by atoms with Gasteiger partial charge in [-0.3, -0.25) is 9.59 Å². The molecule has 1 aliphatic rings. The molecule has 2 N–H and O–H groups in total. The summed E-state index contributed by atoms with van der Waals surface area (Å²) in [4.78, 5) is 24.9. The lowest BCUT2D eigenvalue weighted by molar-refractivity contribution is -0.125. The Bertz CT molecular complexity index is 614. The molecule has 0 bridgehead atoms. The van der Waals surface area contributed by atoms with Gasteiger partial charge in [0.25, 0.3) is 0 Å². The number of para-hydroxylation sites is 1. The standard InChI is InChI=1S/C21H32N2O3/c1-13(2)15-8-6-9-16(14(3)4)19(15)23-21(25)18-12-17(18)20(24)22-10-7-11-26-5/h6,8-9,13-14,17-18H,7,10-12H2,1-5H3,(H,22,24)(H,23,25). The first kappa shape index (κ1) is 20.4. The number of carbonyl (C=O) groups excluding carboxylic acids is 2. The Morgan fingerprint density at radius 3 is 2.19 bits per heavy atom. The first-order valence-electron chi connectivity index (χ1n) is 9.57. The molecule has 0 saturated heterocycles. The van der Waals surface area contributed by atoms with Crippen LogP contribution in [-0.2, 0) is 14.3 Å². The number of hydrogen-bond acceptors (Lipinski definition) is 3. The molecule has 0 heterocycles. The lowest BCUT2D eigenvalue weighted by Crippen LogP contribution is -2.29. The number of rotatable bonds is 9. The molecule has 1 aromatic carbocycles. The van der Waals surface area contributed by atoms with Gasteiger partial charge in [-0.1, -0.05) is 45.9 Å². The highest BCUT2D eigenvalue weighted by Gasteiger charge is 2.48. The van der Waals surface area contributed by atoms with Crippen LogP contribution in [-0.4, -0.2) is 32.1 Å². The zero-order chi connectivity index (χ0) is 19.3. The third kappa shape index (κ3) is 5.07. The van der Waals surface area contributed by atoms with Crippen molar-refractivity contribution in [2.45, 2.75) is 52.4 Å². The van der Waals surface area contributed by atoms with Crippen LogP contribution < -0.4 is 10.6 Å². The molecule has 2 atom stereocenters. The van der Waals surface area contributed by atoms with Crippen molar-refractivity contribution in [2.75, 3.05) is 25.6 Å². The van der Waals surface area contributed by atoms with Gasteiger partial charge < -0.3 is 15.4 Å². The van der Waals surface area contributed by atoms with Crippen molar-refractivity contribution in [3.05, 3.63) is 29.3 Å². The van der Waals surface area contributed by atoms with Crippen molar-refractivity contribution in [1.29, 1.82) is 0 Å². The molecule has 26 heavy (non-hydrogen) atoms. The number of hydrogen-bond donors (Lipinski definition) is 2. The van der Waals surface area contributed by atoms with Gasteiger partial charge in [0.15, 0.2) is 0 Å². The molecule has 0 spiro atoms. The Morgan fingerprint density at radius 2 is 1.65 bits per heavy atom. The second-order valence-corrected chi connectivity index (χ2v) is 7.70. The van der Waals surface area contributed by atoms with Gasteiger partial charge in [0, 0.05) is 25.9 Å². The second kappa shape index (κ2) is 9.17. The Morgan fingerprint density at radius 1 is 1.08 bits per heavy atom. The quantitative estimate of drug-likeness (QED) is 0.661. The van der Waals surface area contributed by atoms with E-state index in [2.05, 4.69) is 50.5 Å². The van der Waals surface area contributed by atoms with Gasteiger partial charge in [-0.15, -0.1) is 0 Å². The van der Waals surface area contributed by atoms with Gasteiger partial charge >= 0.3 is 0 Å². The van der Waals surface area contributed by atoms with Crippen LogP contribution in [0.15, 0.2) is 18.2 Å². The topological polar surface area (TPSA) is 67.4 Å². The molecule has 1 fully saturated rings. The van der Waals surface area contributed by atoms with Crippen LogP contribution in [0.4, 0.5) is 5.69 Å². The summed E-state index contributed by atoms with van der Waals surface area (Å²) in [5.41, 5.74) is 3.21. The van der Waals surface area contributed by atoms with Crippen molar-refractivity contribution in [1.82, 2.24) is 5.32 Å². The minimum absolute atomic E-state index is 0.0255. The Labute approximate surface area is 156 Å². The molecule has 0 radical (unpaired) electrons. The lowest BCUT2D eigenvalue weighted by Gasteiger charge is -2.20. The molecular formula is C21H32N2O3. The fourth-order valence-electron chi connectivity index (χ4n) is 3.24. The third-order valence-corrected chi connectivity index (χ3v) is 4.91. The summed E-state index contributed by atoms with van der Waals surface area (Å²) in [6.07, 6.45) is 1.41. The highest BCUT2D eigenvalue weighted by Crippen LogP contribution is 2.41. The monoisotopic (exact) mass is 360 g/mol. The zero-order valence-electron chi connectivity index (χ0n) is 16.6. The molecular weight excluding hydrogens is 328 g/mol. The van der Waals surface area contributed by atoms with E-state index in [4.69, 9.17) is 4.74 Å². The van der Waals surface area contributed by atoms with Crippen LogP contribution in [0.25, 0.3) is 0 Å². The fraction of sp³-hybridized carbons (Fsp3) is 0.619. The first-order chi connectivity index (χ1) is 12.4. The lowest BCUT2D eigenvalue weighted by atomic mass is 9.92. The van der Waals surface area contributed by atoms with E-state index in [1.54, 1.807) is 7.11 Å². The normalized spacial score (nSPS) is 18.9. The van der Waals surface area contributed by atoms with E-state index in [-0.39, 0.29) is 23.7 Å². The minimum Gasteiger partial charge on any atom is -0.385 e. The summed E-state index contributed by atoms with van der Waals surface area (Å²) in [7, 11) is 1.64. The van der Waals surface area contributed by atoms with Gasteiger partial charge in [-0.05, 0) is 35.8 Å². The van der Waals surface area contributed by atoms with Crippen molar-refractivity contribution in [3.63, 3.8) is 0 Å². The Balaban J connectivity index is 2.00. The number of anilines is 1. The highest BCUT2D eigenvalue weighted by atomic mass is 16.5. The zero-order valence-corrected chi connectivity index (χ0v) is 16.6. The Kier molecular flexibility index (Phi) is 7.21. The van der Waals surface area contributed by atoms with Gasteiger partial charge in [-0.2, -0.15) is 0 Å². The predicted octanol–water partition coefficient (Wildman–Crippen LogP) is 3.66. The van der Waals surface area contributed by atoms with Gasteiger partial charge in [-0.25, -0.2) is 0 Å². The van der Waals surface area contributed by atoms with Crippen LogP contribution in [0.2, 0.25) is 0 Å². The van der Waals surface area contributed by atoms with Crippen molar-refractivity contribution >= 4 is 17.5 Å². The molecule has 1 saturated carbocycles. The first-order valence-corrected chi connectivity index (χ1v) is 9.57. The Hall–Kier alpha value is -1.88. The second-order valence-electron chi connectivity index (χ2n) is 7.70. The summed E-state index contributed by atoms with van der Waals surface area (Å²) in [6.45, 7) is 9.72. The maximum Gasteiger partial charge on any atom is 0.228 e. The SMILES string of the molecule is COCCCNC(=O)C1CC1C(=O)Nc1c(C(C)C)cccc1C(C)C. The molecule has 5 heteroatoms. The van der Waals surface area contributed by atoms with Crippen molar-refractivity contribution in [2.24, 2.45) is 11.8 Å². The van der Waals surface area contributed by atoms with Gasteiger partial charge in [0.1, 0.15) is 0 Å². The fourth-order valence-corrected chi connectivity index (χ4v) is 3.24. The molecule has 2 unspecified atom stereocenters. The van der Waals surface area contributed by atoms with Crippen molar-refractivity contribution in [3.8, 4) is 0 Å². The van der Waals surface area contributed by atoms with E-state index < -0.39 is 0 Å². The predicted molar refractivity (Wildman–Crippen MR) is 104 cm³/mol. The summed E-state index contributed by atoms with van der Waals surface area (Å²) < 4.78 is 4.97. The smallest absolute Gasteiger partial charge is 0.228 e. The highest BCUT2D eigenvalue weighted by molar-refractivity contribution is 6.00. The van der Waals surface area contributed by atoms with E-state index in [9.17, 15) is 9.59 Å². The molecule has 0 aromatic heterocycles. The average molecular weight is 360 g/mol. The number of amides is 2. The largest absolute Gasteiger partial charge is 0.385 e. The minimum atomic E-state index is -0.224. The van der Waals surface area contributed by atoms with E-state index in [0.29, 0.717) is 31.4 Å². The van der Waals surface area contributed by atoms with Crippen LogP contribution >= 0.6 is 0 Å². The summed E-state index contributed by atoms with van der Waals surface area (Å²) in [5, 5.41) is 6.01. The van der Waals surface area contributed by atoms with Gasteiger partial charge in [0.05, 0.1) is 11.8 Å². The summed E-state index contributed by atoms with van der Waals surface area (Å²) in [5.74, 6) is 0.148. The van der Waals surface area contributed by atoms with Crippen LogP contribution in [0.3, 0.4) is 0 Å². The maximum absolute atomic E-state index is 12.7. The molecule has 2 amide bonds. The molecule has 1 aliphatic carbocycles. The molecule has 1 aromatic rings. The van der Waals surface area contributed by atoms with E-state index in [1.807, 2.05) is 6.07 Å². The number of nitrogens with one attached hydrogen (secondary N) is 2. The van der Waals surface area contributed by atoms with Crippen LogP contribution in [0.5, 0.6) is 0 Å². The van der Waals surface area contributed by atoms with Crippen molar-refractivity contribution < 1.29 is 14.3 Å². The number of carbonyl (C=O) groups is 2. The van der Waals surface area contributed by atoms with Gasteiger partial charge in [0.2, 0.25) is 11.8 Å². The average Bonchev–Trinajstić information content (AvgIpc) is 3.39. The number of ether oxygens (including phenoxy) is 1. The maximum atomic E-state index is 12.7. The van der Waals surface area contributed by atoms with Crippen LogP contribution in [0.1, 0.15) is 63.5 Å².